The maximum absolute atomic E-state index is 13.4. The molecule has 0 amide bonds. The highest BCUT2D eigenvalue weighted by molar-refractivity contribution is 14.0. The van der Waals surface area contributed by atoms with E-state index in [1.807, 2.05) is 37.3 Å². The summed E-state index contributed by atoms with van der Waals surface area (Å²) in [6.07, 6.45) is 0. The number of guanidine groups is 1. The van der Waals surface area contributed by atoms with Crippen molar-refractivity contribution < 1.29 is 13.9 Å². The van der Waals surface area contributed by atoms with Crippen molar-refractivity contribution in [1.82, 2.24) is 10.6 Å². The number of fused-ring (bicyclic) bond motifs is 1. The lowest BCUT2D eigenvalue weighted by molar-refractivity contribution is 0.265. The maximum atomic E-state index is 13.4. The summed E-state index contributed by atoms with van der Waals surface area (Å²) in [6, 6.07) is 14.4. The van der Waals surface area contributed by atoms with Crippen molar-refractivity contribution in [3.63, 3.8) is 0 Å². The van der Waals surface area contributed by atoms with Gasteiger partial charge in [-0.05, 0) is 30.7 Å². The van der Waals surface area contributed by atoms with Crippen molar-refractivity contribution in [2.24, 2.45) is 4.99 Å². The van der Waals surface area contributed by atoms with Crippen LogP contribution in [0.2, 0.25) is 0 Å². The molecule has 28 heavy (non-hydrogen) atoms. The molecule has 3 rings (SSSR count). The Balaban J connectivity index is 0.00000280. The fourth-order valence-electron chi connectivity index (χ4n) is 3.03. The molecule has 7 heteroatoms. The molecule has 150 valence electrons. The molecular formula is C21H25FIN3O2. The third kappa shape index (κ3) is 5.23. The molecule has 3 aromatic rings. The quantitative estimate of drug-likeness (QED) is 0.274. The minimum Gasteiger partial charge on any atom is -0.459 e. The summed E-state index contributed by atoms with van der Waals surface area (Å²) in [5.41, 5.74) is 2.64. The second kappa shape index (κ2) is 10.4. The van der Waals surface area contributed by atoms with Gasteiger partial charge in [-0.1, -0.05) is 30.3 Å². The van der Waals surface area contributed by atoms with Crippen molar-refractivity contribution in [1.29, 1.82) is 0 Å². The molecule has 1 atom stereocenters. The topological polar surface area (TPSA) is 69.8 Å². The van der Waals surface area contributed by atoms with Crippen LogP contribution >= 0.6 is 24.0 Å². The van der Waals surface area contributed by atoms with Crippen LogP contribution in [-0.2, 0) is 6.54 Å². The van der Waals surface area contributed by atoms with Gasteiger partial charge >= 0.3 is 0 Å². The van der Waals surface area contributed by atoms with Crippen LogP contribution in [0, 0.1) is 12.7 Å². The van der Waals surface area contributed by atoms with E-state index in [0.29, 0.717) is 24.6 Å². The number of benzene rings is 2. The molecule has 2 aromatic carbocycles. The predicted molar refractivity (Wildman–Crippen MR) is 121 cm³/mol. The highest BCUT2D eigenvalue weighted by atomic mass is 127. The summed E-state index contributed by atoms with van der Waals surface area (Å²) in [4.78, 5) is 4.21. The first kappa shape index (κ1) is 22.2. The number of rotatable bonds is 6. The Morgan fingerprint density at radius 1 is 1.18 bits per heavy atom. The van der Waals surface area contributed by atoms with Gasteiger partial charge in [0.25, 0.3) is 0 Å². The molecule has 0 aliphatic rings. The zero-order valence-corrected chi connectivity index (χ0v) is 18.2. The minimum absolute atomic E-state index is 0. The second-order valence-electron chi connectivity index (χ2n) is 6.39. The zero-order valence-electron chi connectivity index (χ0n) is 15.9. The molecule has 0 saturated heterocycles. The molecule has 0 spiro atoms. The van der Waals surface area contributed by atoms with E-state index in [1.165, 1.54) is 12.1 Å². The summed E-state index contributed by atoms with van der Waals surface area (Å²) in [5.74, 6) is 1.04. The molecule has 0 saturated carbocycles. The normalized spacial score (nSPS) is 12.5. The number of aryl methyl sites for hydroxylation is 1. The third-order valence-corrected chi connectivity index (χ3v) is 4.64. The fourth-order valence-corrected chi connectivity index (χ4v) is 3.03. The highest BCUT2D eigenvalue weighted by Crippen LogP contribution is 2.25. The predicted octanol–water partition coefficient (Wildman–Crippen LogP) is 3.94. The zero-order chi connectivity index (χ0) is 19.2. The number of halogens is 2. The van der Waals surface area contributed by atoms with E-state index >= 15 is 0 Å². The standard InChI is InChI=1S/C21H24FN3O2.HI/c1-14-18-10-17(22)8-9-19(18)27-20(14)12-25-21(23-2)24-11-16(13-26)15-6-4-3-5-7-15;/h3-10,16,26H,11-13H2,1-2H3,(H2,23,24,25);1H. The number of aliphatic hydroxyl groups excluding tert-OH is 1. The lowest BCUT2D eigenvalue weighted by Gasteiger charge is -2.18. The summed E-state index contributed by atoms with van der Waals surface area (Å²) in [5, 5.41) is 16.9. The Hall–Kier alpha value is -2.13. The molecule has 0 fully saturated rings. The summed E-state index contributed by atoms with van der Waals surface area (Å²) in [7, 11) is 1.69. The molecule has 1 heterocycles. The van der Waals surface area contributed by atoms with Gasteiger partial charge in [0.2, 0.25) is 0 Å². The van der Waals surface area contributed by atoms with E-state index < -0.39 is 0 Å². The van der Waals surface area contributed by atoms with Crippen molar-refractivity contribution in [3.8, 4) is 0 Å². The minimum atomic E-state index is -0.278. The van der Waals surface area contributed by atoms with E-state index in [2.05, 4.69) is 15.6 Å². The van der Waals surface area contributed by atoms with Gasteiger partial charge in [-0.15, -0.1) is 24.0 Å². The first-order valence-corrected chi connectivity index (χ1v) is 8.90. The molecule has 0 bridgehead atoms. The number of furan rings is 1. The Labute approximate surface area is 181 Å². The highest BCUT2D eigenvalue weighted by Gasteiger charge is 2.13. The molecule has 5 nitrogen and oxygen atoms in total. The van der Waals surface area contributed by atoms with Gasteiger partial charge in [-0.25, -0.2) is 4.39 Å². The number of hydrogen-bond donors (Lipinski definition) is 3. The van der Waals surface area contributed by atoms with Crippen LogP contribution in [0.3, 0.4) is 0 Å². The molecule has 0 aliphatic heterocycles. The fraction of sp³-hybridized carbons (Fsp3) is 0.286. The summed E-state index contributed by atoms with van der Waals surface area (Å²) >= 11 is 0. The van der Waals surface area contributed by atoms with Gasteiger partial charge in [0.05, 0.1) is 13.2 Å². The van der Waals surface area contributed by atoms with E-state index in [4.69, 9.17) is 4.42 Å². The largest absolute Gasteiger partial charge is 0.459 e. The maximum Gasteiger partial charge on any atom is 0.191 e. The number of aliphatic hydroxyl groups is 1. The SMILES string of the molecule is CN=C(NCc1oc2ccc(F)cc2c1C)NCC(CO)c1ccccc1.I. The number of aliphatic imine (C=N–C) groups is 1. The lowest BCUT2D eigenvalue weighted by Crippen LogP contribution is -2.39. The van der Waals surface area contributed by atoms with E-state index in [-0.39, 0.29) is 42.3 Å². The smallest absolute Gasteiger partial charge is 0.191 e. The van der Waals surface area contributed by atoms with Gasteiger partial charge in [0, 0.05) is 30.5 Å². The monoisotopic (exact) mass is 497 g/mol. The van der Waals surface area contributed by atoms with Crippen LogP contribution in [0.5, 0.6) is 0 Å². The van der Waals surface area contributed by atoms with Crippen LogP contribution in [0.15, 0.2) is 57.9 Å². The van der Waals surface area contributed by atoms with Crippen LogP contribution in [0.4, 0.5) is 4.39 Å². The second-order valence-corrected chi connectivity index (χ2v) is 6.39. The van der Waals surface area contributed by atoms with Crippen molar-refractivity contribution >= 4 is 40.9 Å². The molecule has 0 aliphatic carbocycles. The summed E-state index contributed by atoms with van der Waals surface area (Å²) < 4.78 is 19.3. The Bertz CT molecular complexity index is 928. The Morgan fingerprint density at radius 3 is 2.61 bits per heavy atom. The van der Waals surface area contributed by atoms with Crippen LogP contribution in [0.1, 0.15) is 22.8 Å². The number of hydrogen-bond acceptors (Lipinski definition) is 3. The summed E-state index contributed by atoms with van der Waals surface area (Å²) in [6.45, 7) is 2.93. The van der Waals surface area contributed by atoms with Crippen molar-refractivity contribution in [3.05, 3.63) is 71.2 Å². The van der Waals surface area contributed by atoms with E-state index in [9.17, 15) is 9.50 Å². The van der Waals surface area contributed by atoms with Gasteiger partial charge in [-0.2, -0.15) is 0 Å². The van der Waals surface area contributed by atoms with Gasteiger partial charge < -0.3 is 20.2 Å². The van der Waals surface area contributed by atoms with Crippen LogP contribution < -0.4 is 10.6 Å². The third-order valence-electron chi connectivity index (χ3n) is 4.64. The molecule has 1 unspecified atom stereocenters. The van der Waals surface area contributed by atoms with E-state index in [0.717, 1.165) is 22.3 Å². The van der Waals surface area contributed by atoms with Crippen LogP contribution in [0.25, 0.3) is 11.0 Å². The first-order valence-electron chi connectivity index (χ1n) is 8.90. The van der Waals surface area contributed by atoms with Gasteiger partial charge in [0.1, 0.15) is 17.2 Å². The average Bonchev–Trinajstić information content (AvgIpc) is 3.01. The molecule has 3 N–H and O–H groups in total. The first-order chi connectivity index (χ1) is 13.1. The van der Waals surface area contributed by atoms with Gasteiger partial charge in [0.15, 0.2) is 5.96 Å². The van der Waals surface area contributed by atoms with Crippen molar-refractivity contribution in [2.75, 3.05) is 20.2 Å². The van der Waals surface area contributed by atoms with Crippen molar-refractivity contribution in [2.45, 2.75) is 19.4 Å². The molecular weight excluding hydrogens is 472 g/mol. The van der Waals surface area contributed by atoms with Crippen LogP contribution in [-0.4, -0.2) is 31.3 Å². The van der Waals surface area contributed by atoms with E-state index in [1.54, 1.807) is 13.1 Å². The average molecular weight is 497 g/mol. The Kier molecular flexibility index (Phi) is 8.25. The number of nitrogens with zero attached hydrogens (tertiary/aromatic N) is 1. The number of nitrogens with one attached hydrogen (secondary N) is 2. The van der Waals surface area contributed by atoms with Gasteiger partial charge in [-0.3, -0.25) is 4.99 Å². The lowest BCUT2D eigenvalue weighted by atomic mass is 10.0. The molecule has 0 radical (unpaired) electrons. The Morgan fingerprint density at radius 2 is 1.93 bits per heavy atom. The molecule has 1 aromatic heterocycles.